The van der Waals surface area contributed by atoms with Crippen LogP contribution in [0.2, 0.25) is 0 Å². The van der Waals surface area contributed by atoms with E-state index in [2.05, 4.69) is 64.2 Å². The van der Waals surface area contributed by atoms with Gasteiger partial charge in [-0.15, -0.1) is 0 Å². The summed E-state index contributed by atoms with van der Waals surface area (Å²) in [6.45, 7) is 0. The summed E-state index contributed by atoms with van der Waals surface area (Å²) in [6.07, 6.45) is 2.12. The topological polar surface area (TPSA) is 6.25 Å². The van der Waals surface area contributed by atoms with E-state index in [-0.39, 0.29) is 5.92 Å². The van der Waals surface area contributed by atoms with Crippen molar-refractivity contribution >= 4 is 23.5 Å². The molecule has 3 rings (SSSR count). The molecule has 0 bridgehead atoms. The highest BCUT2D eigenvalue weighted by atomic mass is 35.5. The SMILES string of the molecule is CN1C(Cl)=C(C=[N+](C)C)C(c2ccccc2)c2ccccc21. The van der Waals surface area contributed by atoms with Crippen molar-refractivity contribution < 1.29 is 4.58 Å². The highest BCUT2D eigenvalue weighted by Gasteiger charge is 2.32. The molecule has 0 amide bonds. The van der Waals surface area contributed by atoms with Crippen LogP contribution in [0.1, 0.15) is 17.0 Å². The molecule has 1 aliphatic rings. The Labute approximate surface area is 137 Å². The van der Waals surface area contributed by atoms with E-state index < -0.39 is 0 Å². The maximum atomic E-state index is 6.70. The standard InChI is InChI=1S/C19H20ClN2/c1-21(2)13-16-18(14-9-5-4-6-10-14)15-11-7-8-12-17(15)22(3)19(16)20/h4-13,18H,1-3H3/q+1. The minimum absolute atomic E-state index is 0.156. The molecule has 1 heterocycles. The zero-order valence-electron chi connectivity index (χ0n) is 13.1. The van der Waals surface area contributed by atoms with Crippen LogP contribution >= 0.6 is 11.6 Å². The maximum absolute atomic E-state index is 6.70. The summed E-state index contributed by atoms with van der Waals surface area (Å²) in [7, 11) is 6.07. The molecule has 0 aromatic heterocycles. The third-order valence-corrected chi connectivity index (χ3v) is 4.45. The van der Waals surface area contributed by atoms with Crippen molar-refractivity contribution in [2.24, 2.45) is 0 Å². The van der Waals surface area contributed by atoms with Gasteiger partial charge in [-0.05, 0) is 17.2 Å². The Bertz CT molecular complexity index is 743. The number of anilines is 1. The summed E-state index contributed by atoms with van der Waals surface area (Å²) in [6, 6.07) is 19.0. The van der Waals surface area contributed by atoms with Crippen LogP contribution in [-0.4, -0.2) is 31.9 Å². The summed E-state index contributed by atoms with van der Waals surface area (Å²) < 4.78 is 2.05. The summed E-state index contributed by atoms with van der Waals surface area (Å²) in [5.41, 5.74) is 4.83. The Kier molecular flexibility index (Phi) is 4.04. The van der Waals surface area contributed by atoms with Crippen LogP contribution in [0.3, 0.4) is 0 Å². The number of halogens is 1. The number of nitrogens with zero attached hydrogens (tertiary/aromatic N) is 2. The van der Waals surface area contributed by atoms with E-state index in [0.717, 1.165) is 16.4 Å². The van der Waals surface area contributed by atoms with Crippen LogP contribution < -0.4 is 4.90 Å². The van der Waals surface area contributed by atoms with Gasteiger partial charge in [0.05, 0.1) is 5.57 Å². The average molecular weight is 312 g/mol. The number of hydrogen-bond acceptors (Lipinski definition) is 1. The van der Waals surface area contributed by atoms with Gasteiger partial charge in [-0.3, -0.25) is 0 Å². The molecule has 2 aromatic rings. The second-order valence-electron chi connectivity index (χ2n) is 5.80. The molecule has 0 radical (unpaired) electrons. The van der Waals surface area contributed by atoms with Gasteiger partial charge in [0.2, 0.25) is 0 Å². The van der Waals surface area contributed by atoms with Crippen LogP contribution in [0.5, 0.6) is 0 Å². The molecule has 1 atom stereocenters. The first kappa shape index (κ1) is 14.9. The second kappa shape index (κ2) is 5.98. The van der Waals surface area contributed by atoms with E-state index >= 15 is 0 Å². The number of benzene rings is 2. The maximum Gasteiger partial charge on any atom is 0.170 e. The van der Waals surface area contributed by atoms with E-state index in [9.17, 15) is 0 Å². The molecule has 1 aliphatic heterocycles. The van der Waals surface area contributed by atoms with Crippen LogP contribution in [0.15, 0.2) is 65.3 Å². The van der Waals surface area contributed by atoms with E-state index in [1.54, 1.807) is 0 Å². The van der Waals surface area contributed by atoms with Gasteiger partial charge < -0.3 is 4.90 Å². The molecule has 2 nitrogen and oxygen atoms in total. The van der Waals surface area contributed by atoms with Crippen LogP contribution in [0, 0.1) is 0 Å². The number of fused-ring (bicyclic) bond motifs is 1. The minimum atomic E-state index is 0.156. The first-order chi connectivity index (χ1) is 10.6. The Morgan fingerprint density at radius 3 is 2.32 bits per heavy atom. The predicted octanol–water partition coefficient (Wildman–Crippen LogP) is 4.06. The van der Waals surface area contributed by atoms with E-state index in [4.69, 9.17) is 11.6 Å². The van der Waals surface area contributed by atoms with Crippen molar-refractivity contribution in [3.8, 4) is 0 Å². The highest BCUT2D eigenvalue weighted by Crippen LogP contribution is 2.44. The first-order valence-electron chi connectivity index (χ1n) is 7.38. The predicted molar refractivity (Wildman–Crippen MR) is 94.2 cm³/mol. The van der Waals surface area contributed by atoms with Crippen molar-refractivity contribution in [1.82, 2.24) is 0 Å². The molecule has 3 heteroatoms. The number of allylic oxidation sites excluding steroid dienone is 1. The molecular formula is C19H20ClN2+. The smallest absolute Gasteiger partial charge is 0.170 e. The van der Waals surface area contributed by atoms with E-state index in [1.165, 1.54) is 11.1 Å². The monoisotopic (exact) mass is 311 g/mol. The summed E-state index contributed by atoms with van der Waals surface area (Å²) >= 11 is 6.70. The minimum Gasteiger partial charge on any atom is -0.335 e. The largest absolute Gasteiger partial charge is 0.335 e. The molecule has 0 aliphatic carbocycles. The normalized spacial score (nSPS) is 17.3. The van der Waals surface area contributed by atoms with Gasteiger partial charge in [-0.1, -0.05) is 60.1 Å². The molecule has 22 heavy (non-hydrogen) atoms. The molecule has 112 valence electrons. The summed E-state index contributed by atoms with van der Waals surface area (Å²) in [5.74, 6) is 0.156. The van der Waals surface area contributed by atoms with Crippen molar-refractivity contribution in [3.63, 3.8) is 0 Å². The molecular weight excluding hydrogens is 292 g/mol. The molecule has 0 saturated heterocycles. The fourth-order valence-electron chi connectivity index (χ4n) is 3.03. The third kappa shape index (κ3) is 2.55. The quantitative estimate of drug-likeness (QED) is 0.460. The zero-order valence-corrected chi connectivity index (χ0v) is 13.9. The van der Waals surface area contributed by atoms with E-state index in [1.807, 2.05) is 27.2 Å². The van der Waals surface area contributed by atoms with E-state index in [0.29, 0.717) is 0 Å². The Morgan fingerprint density at radius 1 is 1.00 bits per heavy atom. The number of para-hydroxylation sites is 1. The summed E-state index contributed by atoms with van der Waals surface area (Å²) in [4.78, 5) is 2.06. The Hall–Kier alpha value is -2.06. The second-order valence-corrected chi connectivity index (χ2v) is 6.16. The van der Waals surface area contributed by atoms with Crippen molar-refractivity contribution in [3.05, 3.63) is 76.5 Å². The number of hydrogen-bond donors (Lipinski definition) is 0. The first-order valence-corrected chi connectivity index (χ1v) is 7.76. The van der Waals surface area contributed by atoms with Gasteiger partial charge >= 0.3 is 0 Å². The Morgan fingerprint density at radius 2 is 1.64 bits per heavy atom. The number of rotatable bonds is 2. The van der Waals surface area contributed by atoms with Gasteiger partial charge in [-0.25, -0.2) is 4.58 Å². The third-order valence-electron chi connectivity index (χ3n) is 3.98. The Balaban J connectivity index is 2.27. The van der Waals surface area contributed by atoms with Gasteiger partial charge in [0.1, 0.15) is 19.3 Å². The highest BCUT2D eigenvalue weighted by molar-refractivity contribution is 6.33. The fourth-order valence-corrected chi connectivity index (χ4v) is 3.28. The van der Waals surface area contributed by atoms with Crippen LogP contribution in [-0.2, 0) is 0 Å². The van der Waals surface area contributed by atoms with Gasteiger partial charge in [-0.2, -0.15) is 0 Å². The van der Waals surface area contributed by atoms with Crippen molar-refractivity contribution in [1.29, 1.82) is 0 Å². The van der Waals surface area contributed by atoms with Crippen molar-refractivity contribution in [2.45, 2.75) is 5.92 Å². The van der Waals surface area contributed by atoms with Crippen LogP contribution in [0.25, 0.3) is 0 Å². The molecule has 2 aromatic carbocycles. The molecule has 0 N–H and O–H groups in total. The molecule has 0 spiro atoms. The lowest BCUT2D eigenvalue weighted by molar-refractivity contribution is -0.459. The molecule has 0 saturated carbocycles. The molecule has 1 unspecified atom stereocenters. The lowest BCUT2D eigenvalue weighted by Crippen LogP contribution is -2.26. The van der Waals surface area contributed by atoms with Crippen molar-refractivity contribution in [2.75, 3.05) is 26.0 Å². The fraction of sp³-hybridized carbons (Fsp3) is 0.211. The van der Waals surface area contributed by atoms with Gasteiger partial charge in [0, 0.05) is 18.7 Å². The average Bonchev–Trinajstić information content (AvgIpc) is 2.53. The zero-order chi connectivity index (χ0) is 15.7. The lowest BCUT2D eigenvalue weighted by atomic mass is 9.82. The summed E-state index contributed by atoms with van der Waals surface area (Å²) in [5, 5.41) is 0.779. The van der Waals surface area contributed by atoms with Gasteiger partial charge in [0.25, 0.3) is 0 Å². The van der Waals surface area contributed by atoms with Crippen LogP contribution in [0.4, 0.5) is 5.69 Å². The lowest BCUT2D eigenvalue weighted by Gasteiger charge is -2.33. The molecule has 0 fully saturated rings. The van der Waals surface area contributed by atoms with Gasteiger partial charge in [0.15, 0.2) is 6.21 Å².